The van der Waals surface area contributed by atoms with E-state index >= 15 is 0 Å². The van der Waals surface area contributed by atoms with E-state index in [1.54, 1.807) is 12.1 Å². The maximum absolute atomic E-state index is 11.9. The van der Waals surface area contributed by atoms with Crippen LogP contribution >= 0.6 is 0 Å². The molecule has 4 nitrogen and oxygen atoms in total. The summed E-state index contributed by atoms with van der Waals surface area (Å²) in [6, 6.07) is 9.33. The number of amides is 1. The SMILES string of the molecule is CC(C)C(CCN)CCC(=O)NCc1ccc(C#N)cc1. The Kier molecular flexibility index (Phi) is 7.49. The van der Waals surface area contributed by atoms with Crippen molar-refractivity contribution in [3.63, 3.8) is 0 Å². The number of hydrogen-bond acceptors (Lipinski definition) is 3. The highest BCUT2D eigenvalue weighted by molar-refractivity contribution is 5.75. The number of nitriles is 1. The largest absolute Gasteiger partial charge is 0.352 e. The lowest BCUT2D eigenvalue weighted by Gasteiger charge is -2.19. The van der Waals surface area contributed by atoms with Gasteiger partial charge in [-0.25, -0.2) is 0 Å². The summed E-state index contributed by atoms with van der Waals surface area (Å²) in [6.45, 7) is 5.54. The lowest BCUT2D eigenvalue weighted by atomic mass is 9.88. The molecule has 0 spiro atoms. The summed E-state index contributed by atoms with van der Waals surface area (Å²) in [6.07, 6.45) is 2.40. The van der Waals surface area contributed by atoms with E-state index in [-0.39, 0.29) is 5.91 Å². The van der Waals surface area contributed by atoms with Gasteiger partial charge in [0, 0.05) is 13.0 Å². The van der Waals surface area contributed by atoms with Crippen LogP contribution in [0.4, 0.5) is 0 Å². The van der Waals surface area contributed by atoms with Gasteiger partial charge in [-0.2, -0.15) is 5.26 Å². The first-order valence-corrected chi connectivity index (χ1v) is 7.52. The van der Waals surface area contributed by atoms with E-state index in [9.17, 15) is 4.79 Å². The summed E-state index contributed by atoms with van der Waals surface area (Å²) in [5.74, 6) is 1.14. The summed E-state index contributed by atoms with van der Waals surface area (Å²) in [4.78, 5) is 11.9. The van der Waals surface area contributed by atoms with Gasteiger partial charge in [-0.1, -0.05) is 26.0 Å². The average molecular weight is 287 g/mol. The van der Waals surface area contributed by atoms with Crippen molar-refractivity contribution in [1.82, 2.24) is 5.32 Å². The summed E-state index contributed by atoms with van der Waals surface area (Å²) in [7, 11) is 0. The van der Waals surface area contributed by atoms with Crippen molar-refractivity contribution in [2.45, 2.75) is 39.7 Å². The lowest BCUT2D eigenvalue weighted by Crippen LogP contribution is -2.24. The average Bonchev–Trinajstić information content (AvgIpc) is 2.49. The molecule has 0 aliphatic rings. The molecule has 114 valence electrons. The first-order valence-electron chi connectivity index (χ1n) is 7.52. The van der Waals surface area contributed by atoms with Crippen LogP contribution in [0.25, 0.3) is 0 Å². The standard InChI is InChI=1S/C17H25N3O/c1-13(2)16(9-10-18)7-8-17(21)20-12-15-5-3-14(11-19)4-6-15/h3-6,13,16H,7-10,12,18H2,1-2H3,(H,20,21). The van der Waals surface area contributed by atoms with Gasteiger partial charge in [-0.3, -0.25) is 4.79 Å². The zero-order valence-corrected chi connectivity index (χ0v) is 12.9. The molecule has 0 heterocycles. The molecule has 0 saturated carbocycles. The molecule has 1 aromatic carbocycles. The fourth-order valence-electron chi connectivity index (χ4n) is 2.33. The molecule has 3 N–H and O–H groups in total. The van der Waals surface area contributed by atoms with Gasteiger partial charge in [-0.15, -0.1) is 0 Å². The van der Waals surface area contributed by atoms with Crippen molar-refractivity contribution >= 4 is 5.91 Å². The molecular weight excluding hydrogens is 262 g/mol. The maximum Gasteiger partial charge on any atom is 0.220 e. The molecular formula is C17H25N3O. The summed E-state index contributed by atoms with van der Waals surface area (Å²) in [5, 5.41) is 11.6. The van der Waals surface area contributed by atoms with Gasteiger partial charge in [0.1, 0.15) is 0 Å². The first kappa shape index (κ1) is 17.2. The highest BCUT2D eigenvalue weighted by Gasteiger charge is 2.14. The predicted molar refractivity (Wildman–Crippen MR) is 84.2 cm³/mol. The van der Waals surface area contributed by atoms with Gasteiger partial charge >= 0.3 is 0 Å². The number of nitrogens with two attached hydrogens (primary N) is 1. The number of rotatable bonds is 8. The van der Waals surface area contributed by atoms with Crippen LogP contribution in [0.3, 0.4) is 0 Å². The van der Waals surface area contributed by atoms with Gasteiger partial charge < -0.3 is 11.1 Å². The second-order valence-electron chi connectivity index (χ2n) is 5.71. The second-order valence-corrected chi connectivity index (χ2v) is 5.71. The molecule has 1 unspecified atom stereocenters. The number of hydrogen-bond donors (Lipinski definition) is 2. The fourth-order valence-corrected chi connectivity index (χ4v) is 2.33. The first-order chi connectivity index (χ1) is 10.1. The van der Waals surface area contributed by atoms with E-state index in [0.717, 1.165) is 18.4 Å². The van der Waals surface area contributed by atoms with Crippen LogP contribution in [0.1, 0.15) is 44.2 Å². The van der Waals surface area contributed by atoms with E-state index in [0.29, 0.717) is 36.9 Å². The minimum absolute atomic E-state index is 0.0713. The van der Waals surface area contributed by atoms with Crippen molar-refractivity contribution < 1.29 is 4.79 Å². The second kappa shape index (κ2) is 9.15. The van der Waals surface area contributed by atoms with E-state index in [2.05, 4.69) is 25.2 Å². The fraction of sp³-hybridized carbons (Fsp3) is 0.529. The zero-order valence-electron chi connectivity index (χ0n) is 12.9. The molecule has 1 rings (SSSR count). The van der Waals surface area contributed by atoms with E-state index < -0.39 is 0 Å². The highest BCUT2D eigenvalue weighted by atomic mass is 16.1. The maximum atomic E-state index is 11.9. The van der Waals surface area contributed by atoms with Gasteiger partial charge in [0.15, 0.2) is 0 Å². The number of nitrogens with zero attached hydrogens (tertiary/aromatic N) is 1. The molecule has 0 aliphatic carbocycles. The monoisotopic (exact) mass is 287 g/mol. The van der Waals surface area contributed by atoms with Gasteiger partial charge in [0.2, 0.25) is 5.91 Å². The van der Waals surface area contributed by atoms with E-state index in [1.807, 2.05) is 12.1 Å². The van der Waals surface area contributed by atoms with Crippen LogP contribution < -0.4 is 11.1 Å². The molecule has 0 bridgehead atoms. The van der Waals surface area contributed by atoms with E-state index in [4.69, 9.17) is 11.0 Å². The number of carbonyl (C=O) groups is 1. The van der Waals surface area contributed by atoms with Crippen LogP contribution in [0.15, 0.2) is 24.3 Å². The molecule has 4 heteroatoms. The third kappa shape index (κ3) is 6.42. The van der Waals surface area contributed by atoms with Crippen LogP contribution in [-0.4, -0.2) is 12.5 Å². The van der Waals surface area contributed by atoms with Crippen LogP contribution in [0.5, 0.6) is 0 Å². The van der Waals surface area contributed by atoms with Crippen molar-refractivity contribution in [3.8, 4) is 6.07 Å². The quantitative estimate of drug-likeness (QED) is 0.771. The third-order valence-electron chi connectivity index (χ3n) is 3.80. The van der Waals surface area contributed by atoms with Crippen molar-refractivity contribution in [2.75, 3.05) is 6.54 Å². The minimum Gasteiger partial charge on any atom is -0.352 e. The Bertz CT molecular complexity index is 474. The molecule has 21 heavy (non-hydrogen) atoms. The van der Waals surface area contributed by atoms with Crippen molar-refractivity contribution in [3.05, 3.63) is 35.4 Å². The van der Waals surface area contributed by atoms with Crippen molar-refractivity contribution in [2.24, 2.45) is 17.6 Å². The third-order valence-corrected chi connectivity index (χ3v) is 3.80. The topological polar surface area (TPSA) is 78.9 Å². The van der Waals surface area contributed by atoms with E-state index in [1.165, 1.54) is 0 Å². The van der Waals surface area contributed by atoms with Crippen LogP contribution in [0.2, 0.25) is 0 Å². The molecule has 0 radical (unpaired) electrons. The molecule has 1 amide bonds. The summed E-state index contributed by atoms with van der Waals surface area (Å²) < 4.78 is 0. The molecule has 0 aromatic heterocycles. The summed E-state index contributed by atoms with van der Waals surface area (Å²) >= 11 is 0. The highest BCUT2D eigenvalue weighted by Crippen LogP contribution is 2.20. The van der Waals surface area contributed by atoms with Gasteiger partial charge in [-0.05, 0) is 48.9 Å². The molecule has 1 atom stereocenters. The summed E-state index contributed by atoms with van der Waals surface area (Å²) in [5.41, 5.74) is 7.24. The Morgan fingerprint density at radius 1 is 1.29 bits per heavy atom. The Morgan fingerprint density at radius 3 is 2.48 bits per heavy atom. The molecule has 0 fully saturated rings. The Hall–Kier alpha value is -1.86. The number of benzene rings is 1. The molecule has 0 aliphatic heterocycles. The van der Waals surface area contributed by atoms with Gasteiger partial charge in [0.05, 0.1) is 11.6 Å². The van der Waals surface area contributed by atoms with Crippen LogP contribution in [-0.2, 0) is 11.3 Å². The molecule has 1 aromatic rings. The number of carbonyl (C=O) groups excluding carboxylic acids is 1. The van der Waals surface area contributed by atoms with Crippen molar-refractivity contribution in [1.29, 1.82) is 5.26 Å². The molecule has 0 saturated heterocycles. The predicted octanol–water partition coefficient (Wildman–Crippen LogP) is 2.58. The van der Waals surface area contributed by atoms with Crippen LogP contribution in [0, 0.1) is 23.2 Å². The lowest BCUT2D eigenvalue weighted by molar-refractivity contribution is -0.121. The Labute approximate surface area is 127 Å². The number of nitrogens with one attached hydrogen (secondary N) is 1. The smallest absolute Gasteiger partial charge is 0.220 e. The van der Waals surface area contributed by atoms with Gasteiger partial charge in [0.25, 0.3) is 0 Å². The minimum atomic E-state index is 0.0713. The Morgan fingerprint density at radius 2 is 1.95 bits per heavy atom. The Balaban J connectivity index is 2.34. The normalized spacial score (nSPS) is 12.0. The zero-order chi connectivity index (χ0) is 15.7.